The zero-order valence-corrected chi connectivity index (χ0v) is 8.78. The standard InChI is InChI=1S/C7H11IN2O/c1-5(2)10-7(11)3-6(8)4-9-10/h4-6H,3H2,1-2H3/t6-/m0/s1. The molecule has 1 heterocycles. The van der Waals surface area contributed by atoms with E-state index in [9.17, 15) is 4.79 Å². The van der Waals surface area contributed by atoms with Crippen LogP contribution >= 0.6 is 22.6 Å². The van der Waals surface area contributed by atoms with Gasteiger partial charge in [0.25, 0.3) is 0 Å². The number of carbonyl (C=O) groups is 1. The zero-order chi connectivity index (χ0) is 8.43. The van der Waals surface area contributed by atoms with Crippen molar-refractivity contribution in [3.05, 3.63) is 0 Å². The lowest BCUT2D eigenvalue weighted by Gasteiger charge is -2.25. The van der Waals surface area contributed by atoms with Crippen molar-refractivity contribution in [2.75, 3.05) is 0 Å². The molecule has 0 aromatic rings. The van der Waals surface area contributed by atoms with E-state index in [0.29, 0.717) is 6.42 Å². The Morgan fingerprint density at radius 2 is 2.45 bits per heavy atom. The van der Waals surface area contributed by atoms with E-state index >= 15 is 0 Å². The molecule has 0 fully saturated rings. The van der Waals surface area contributed by atoms with Crippen LogP contribution in [0.1, 0.15) is 20.3 Å². The van der Waals surface area contributed by atoms with Crippen molar-refractivity contribution in [1.29, 1.82) is 0 Å². The second-order valence-corrected chi connectivity index (χ2v) is 4.42. The molecule has 1 aliphatic rings. The van der Waals surface area contributed by atoms with E-state index in [1.807, 2.05) is 20.1 Å². The summed E-state index contributed by atoms with van der Waals surface area (Å²) in [5.74, 6) is 0.127. The van der Waals surface area contributed by atoms with E-state index in [4.69, 9.17) is 0 Å². The zero-order valence-electron chi connectivity index (χ0n) is 6.62. The Labute approximate surface area is 80.0 Å². The van der Waals surface area contributed by atoms with Crippen molar-refractivity contribution in [2.24, 2.45) is 5.10 Å². The lowest BCUT2D eigenvalue weighted by Crippen LogP contribution is -2.37. The number of nitrogens with zero attached hydrogens (tertiary/aromatic N) is 2. The number of hydrogen-bond donors (Lipinski definition) is 0. The Hall–Kier alpha value is -0.130. The topological polar surface area (TPSA) is 32.7 Å². The fourth-order valence-corrected chi connectivity index (χ4v) is 1.46. The monoisotopic (exact) mass is 266 g/mol. The molecule has 0 aromatic heterocycles. The van der Waals surface area contributed by atoms with Gasteiger partial charge < -0.3 is 0 Å². The second kappa shape index (κ2) is 3.51. The molecule has 1 amide bonds. The molecule has 0 saturated carbocycles. The second-order valence-electron chi connectivity index (χ2n) is 2.82. The molecule has 0 aliphatic carbocycles. The summed E-state index contributed by atoms with van der Waals surface area (Å²) in [5.41, 5.74) is 0. The first-order chi connectivity index (χ1) is 5.11. The lowest BCUT2D eigenvalue weighted by molar-refractivity contribution is -0.133. The Bertz CT molecular complexity index is 191. The molecule has 11 heavy (non-hydrogen) atoms. The van der Waals surface area contributed by atoms with Crippen molar-refractivity contribution in [2.45, 2.75) is 30.2 Å². The maximum absolute atomic E-state index is 11.3. The van der Waals surface area contributed by atoms with Crippen molar-refractivity contribution in [1.82, 2.24) is 5.01 Å². The minimum absolute atomic E-state index is 0.127. The number of hydrogen-bond acceptors (Lipinski definition) is 2. The van der Waals surface area contributed by atoms with E-state index < -0.39 is 0 Å². The summed E-state index contributed by atoms with van der Waals surface area (Å²) < 4.78 is 0.273. The first-order valence-electron chi connectivity index (χ1n) is 3.61. The summed E-state index contributed by atoms with van der Waals surface area (Å²) in [6.45, 7) is 3.92. The van der Waals surface area contributed by atoms with Gasteiger partial charge in [-0.3, -0.25) is 4.79 Å². The van der Waals surface area contributed by atoms with Gasteiger partial charge in [-0.25, -0.2) is 5.01 Å². The predicted octanol–water partition coefficient (Wildman–Crippen LogP) is 1.42. The largest absolute Gasteiger partial charge is 0.273 e. The van der Waals surface area contributed by atoms with Crippen LogP contribution in [0, 0.1) is 0 Å². The highest BCUT2D eigenvalue weighted by molar-refractivity contribution is 14.1. The molecule has 62 valence electrons. The van der Waals surface area contributed by atoms with Crippen LogP contribution in [-0.4, -0.2) is 27.1 Å². The highest BCUT2D eigenvalue weighted by Crippen LogP contribution is 2.14. The fraction of sp³-hybridized carbons (Fsp3) is 0.714. The summed E-state index contributed by atoms with van der Waals surface area (Å²) in [7, 11) is 0. The van der Waals surface area contributed by atoms with Crippen LogP contribution in [-0.2, 0) is 4.79 Å². The molecular formula is C7H11IN2O. The van der Waals surface area contributed by atoms with Crippen LogP contribution in [0.15, 0.2) is 5.10 Å². The molecule has 1 aliphatic heterocycles. The van der Waals surface area contributed by atoms with Gasteiger partial charge in [-0.05, 0) is 13.8 Å². The normalized spacial score (nSPS) is 24.9. The Balaban J connectivity index is 2.68. The van der Waals surface area contributed by atoms with Crippen LogP contribution in [0.4, 0.5) is 0 Å². The predicted molar refractivity (Wildman–Crippen MR) is 52.9 cm³/mol. The maximum atomic E-state index is 11.3. The van der Waals surface area contributed by atoms with Gasteiger partial charge in [0.15, 0.2) is 0 Å². The molecule has 3 nitrogen and oxygen atoms in total. The van der Waals surface area contributed by atoms with E-state index in [2.05, 4.69) is 27.7 Å². The Morgan fingerprint density at radius 3 is 2.91 bits per heavy atom. The van der Waals surface area contributed by atoms with Crippen molar-refractivity contribution < 1.29 is 4.79 Å². The molecule has 0 spiro atoms. The molecule has 0 saturated heterocycles. The lowest BCUT2D eigenvalue weighted by atomic mass is 10.2. The molecule has 1 atom stereocenters. The SMILES string of the molecule is CC(C)N1N=C[C@@H](I)CC1=O. The van der Waals surface area contributed by atoms with E-state index in [0.717, 1.165) is 0 Å². The number of hydrazone groups is 1. The number of carbonyl (C=O) groups excluding carboxylic acids is 1. The smallest absolute Gasteiger partial charge is 0.244 e. The van der Waals surface area contributed by atoms with Crippen LogP contribution in [0.5, 0.6) is 0 Å². The summed E-state index contributed by atoms with van der Waals surface area (Å²) >= 11 is 2.21. The van der Waals surface area contributed by atoms with Gasteiger partial charge in [-0.2, -0.15) is 5.10 Å². The van der Waals surface area contributed by atoms with Crippen LogP contribution in [0.2, 0.25) is 0 Å². The van der Waals surface area contributed by atoms with E-state index in [1.54, 1.807) is 0 Å². The number of alkyl halides is 1. The fourth-order valence-electron chi connectivity index (χ4n) is 0.943. The highest BCUT2D eigenvalue weighted by atomic mass is 127. The molecule has 0 aromatic carbocycles. The minimum Gasteiger partial charge on any atom is -0.273 e. The van der Waals surface area contributed by atoms with Crippen molar-refractivity contribution in [3.63, 3.8) is 0 Å². The van der Waals surface area contributed by atoms with Gasteiger partial charge in [0, 0.05) is 18.7 Å². The average Bonchev–Trinajstić information content (AvgIpc) is 1.85. The molecule has 0 N–H and O–H groups in total. The summed E-state index contributed by atoms with van der Waals surface area (Å²) in [6, 6.07) is 0.183. The number of halogens is 1. The molecule has 0 radical (unpaired) electrons. The van der Waals surface area contributed by atoms with Crippen molar-refractivity contribution in [3.8, 4) is 0 Å². The third-order valence-electron chi connectivity index (χ3n) is 1.47. The summed E-state index contributed by atoms with van der Waals surface area (Å²) in [4.78, 5) is 11.3. The molecule has 0 unspecified atom stereocenters. The van der Waals surface area contributed by atoms with Crippen LogP contribution < -0.4 is 0 Å². The van der Waals surface area contributed by atoms with Gasteiger partial charge in [-0.1, -0.05) is 22.6 Å². The highest BCUT2D eigenvalue weighted by Gasteiger charge is 2.22. The molecule has 4 heteroatoms. The average molecular weight is 266 g/mol. The third-order valence-corrected chi connectivity index (χ3v) is 2.23. The van der Waals surface area contributed by atoms with Gasteiger partial charge in [0.05, 0.1) is 3.92 Å². The van der Waals surface area contributed by atoms with E-state index in [1.165, 1.54) is 5.01 Å². The molecule has 1 rings (SSSR count). The first kappa shape index (κ1) is 8.96. The van der Waals surface area contributed by atoms with E-state index in [-0.39, 0.29) is 15.9 Å². The first-order valence-corrected chi connectivity index (χ1v) is 4.86. The molecule has 0 bridgehead atoms. The third kappa shape index (κ3) is 2.15. The number of amides is 1. The Kier molecular flexibility index (Phi) is 2.86. The van der Waals surface area contributed by atoms with Gasteiger partial charge in [0.1, 0.15) is 0 Å². The van der Waals surface area contributed by atoms with Gasteiger partial charge >= 0.3 is 0 Å². The van der Waals surface area contributed by atoms with Crippen LogP contribution in [0.25, 0.3) is 0 Å². The quantitative estimate of drug-likeness (QED) is 0.522. The summed E-state index contributed by atoms with van der Waals surface area (Å²) in [6.07, 6.45) is 2.41. The number of rotatable bonds is 1. The molecular weight excluding hydrogens is 255 g/mol. The van der Waals surface area contributed by atoms with Gasteiger partial charge in [-0.15, -0.1) is 0 Å². The maximum Gasteiger partial charge on any atom is 0.244 e. The van der Waals surface area contributed by atoms with Crippen LogP contribution in [0.3, 0.4) is 0 Å². The van der Waals surface area contributed by atoms with Gasteiger partial charge in [0.2, 0.25) is 5.91 Å². The van der Waals surface area contributed by atoms with Crippen molar-refractivity contribution >= 4 is 34.7 Å². The minimum atomic E-state index is 0.127. The summed E-state index contributed by atoms with van der Waals surface area (Å²) in [5, 5.41) is 5.58. The Morgan fingerprint density at radius 1 is 1.82 bits per heavy atom.